The van der Waals surface area contributed by atoms with Gasteiger partial charge in [0.15, 0.2) is 0 Å². The summed E-state index contributed by atoms with van der Waals surface area (Å²) < 4.78 is 5.29. The average molecular weight is 201 g/mol. The van der Waals surface area contributed by atoms with E-state index in [1.807, 2.05) is 30.5 Å². The van der Waals surface area contributed by atoms with E-state index in [1.54, 1.807) is 0 Å². The number of hydrogen-bond donors (Lipinski definition) is 0. The van der Waals surface area contributed by atoms with Crippen LogP contribution in [0.5, 0.6) is 5.75 Å². The molecule has 3 rings (SSSR count). The van der Waals surface area contributed by atoms with Crippen molar-refractivity contribution in [2.75, 3.05) is 6.54 Å². The van der Waals surface area contributed by atoms with Gasteiger partial charge in [-0.3, -0.25) is 9.79 Å². The molecule has 76 valence electrons. The molecule has 0 spiro atoms. The van der Waals surface area contributed by atoms with Crippen LogP contribution in [-0.4, -0.2) is 18.7 Å². The maximum absolute atomic E-state index is 11.7. The van der Waals surface area contributed by atoms with Crippen molar-refractivity contribution in [1.29, 1.82) is 0 Å². The number of carbonyl (C=O) groups is 1. The fourth-order valence-corrected chi connectivity index (χ4v) is 2.31. The van der Waals surface area contributed by atoms with E-state index >= 15 is 0 Å². The second-order valence-corrected chi connectivity index (χ2v) is 3.96. The molecule has 0 saturated heterocycles. The third-order valence-electron chi connectivity index (χ3n) is 3.11. The Morgan fingerprint density at radius 1 is 1.27 bits per heavy atom. The van der Waals surface area contributed by atoms with Gasteiger partial charge in [0.2, 0.25) is 0 Å². The predicted molar refractivity (Wildman–Crippen MR) is 56.3 cm³/mol. The van der Waals surface area contributed by atoms with Crippen LogP contribution < -0.4 is 4.74 Å². The summed E-state index contributed by atoms with van der Waals surface area (Å²) in [6.07, 6.45) is 2.76. The number of rotatable bonds is 0. The fourth-order valence-electron chi connectivity index (χ4n) is 2.31. The van der Waals surface area contributed by atoms with Crippen LogP contribution in [0, 0.1) is 5.92 Å². The van der Waals surface area contributed by atoms with E-state index in [4.69, 9.17) is 4.74 Å². The fraction of sp³-hybridized carbons (Fsp3) is 0.333. The van der Waals surface area contributed by atoms with Crippen molar-refractivity contribution in [3.05, 3.63) is 29.8 Å². The van der Waals surface area contributed by atoms with Crippen molar-refractivity contribution in [1.82, 2.24) is 0 Å². The molecule has 0 radical (unpaired) electrons. The molecule has 15 heavy (non-hydrogen) atoms. The predicted octanol–water partition coefficient (Wildman–Crippen LogP) is 1.78. The lowest BCUT2D eigenvalue weighted by Crippen LogP contribution is -2.35. The first-order chi connectivity index (χ1) is 7.36. The number of fused-ring (bicyclic) bond motifs is 3. The standard InChI is InChI=1S/C12H11NO2/c14-12-10-7-13-6-5-8(10)9-3-1-2-4-11(9)15-12/h1-4,6,8,10H,5,7H2. The number of esters is 1. The van der Waals surface area contributed by atoms with Crippen molar-refractivity contribution in [2.45, 2.75) is 12.3 Å². The summed E-state index contributed by atoms with van der Waals surface area (Å²) >= 11 is 0. The van der Waals surface area contributed by atoms with Gasteiger partial charge < -0.3 is 4.74 Å². The minimum atomic E-state index is -0.129. The maximum Gasteiger partial charge on any atom is 0.316 e. The van der Waals surface area contributed by atoms with Crippen LogP contribution in [0.3, 0.4) is 0 Å². The highest BCUT2D eigenvalue weighted by Crippen LogP contribution is 2.40. The second kappa shape index (κ2) is 3.19. The number of benzene rings is 1. The molecular weight excluding hydrogens is 190 g/mol. The number of ether oxygens (including phenoxy) is 1. The van der Waals surface area contributed by atoms with Crippen LogP contribution in [0.15, 0.2) is 29.3 Å². The zero-order chi connectivity index (χ0) is 10.3. The van der Waals surface area contributed by atoms with E-state index in [2.05, 4.69) is 4.99 Å². The Bertz CT molecular complexity index is 439. The number of aliphatic imine (C=N–C) groups is 1. The van der Waals surface area contributed by atoms with Gasteiger partial charge in [-0.05, 0) is 24.3 Å². The molecule has 2 aliphatic heterocycles. The summed E-state index contributed by atoms with van der Waals surface area (Å²) in [6.45, 7) is 0.567. The van der Waals surface area contributed by atoms with Crippen molar-refractivity contribution < 1.29 is 9.53 Å². The van der Waals surface area contributed by atoms with E-state index in [0.29, 0.717) is 6.54 Å². The quantitative estimate of drug-likeness (QED) is 0.474. The lowest BCUT2D eigenvalue weighted by atomic mass is 9.80. The molecule has 0 saturated carbocycles. The van der Waals surface area contributed by atoms with Gasteiger partial charge in [-0.2, -0.15) is 0 Å². The van der Waals surface area contributed by atoms with Crippen molar-refractivity contribution in [3.8, 4) is 5.75 Å². The molecule has 0 aromatic heterocycles. The Kier molecular flexibility index (Phi) is 1.84. The van der Waals surface area contributed by atoms with Gasteiger partial charge in [0.25, 0.3) is 0 Å². The summed E-state index contributed by atoms with van der Waals surface area (Å²) in [6, 6.07) is 7.78. The minimum Gasteiger partial charge on any atom is -0.426 e. The Labute approximate surface area is 87.8 Å². The van der Waals surface area contributed by atoms with Gasteiger partial charge in [0, 0.05) is 5.92 Å². The summed E-state index contributed by atoms with van der Waals surface area (Å²) in [5.41, 5.74) is 1.15. The monoisotopic (exact) mass is 201 g/mol. The van der Waals surface area contributed by atoms with Crippen LogP contribution in [0.4, 0.5) is 0 Å². The molecule has 3 heteroatoms. The highest BCUT2D eigenvalue weighted by molar-refractivity contribution is 5.81. The molecule has 0 N–H and O–H groups in total. The molecule has 1 aromatic carbocycles. The lowest BCUT2D eigenvalue weighted by molar-refractivity contribution is -0.140. The molecule has 0 amide bonds. The van der Waals surface area contributed by atoms with Gasteiger partial charge in [-0.15, -0.1) is 0 Å². The minimum absolute atomic E-state index is 0.0788. The molecule has 1 aromatic rings. The van der Waals surface area contributed by atoms with Gasteiger partial charge in [0.05, 0.1) is 12.5 Å². The molecule has 2 heterocycles. The highest BCUT2D eigenvalue weighted by atomic mass is 16.5. The molecule has 2 unspecified atom stereocenters. The largest absolute Gasteiger partial charge is 0.426 e. The number of hydrogen-bond acceptors (Lipinski definition) is 3. The number of para-hydroxylation sites is 1. The molecule has 2 aliphatic rings. The Hall–Kier alpha value is -1.64. The topological polar surface area (TPSA) is 38.7 Å². The number of nitrogens with zero attached hydrogens (tertiary/aromatic N) is 1. The summed E-state index contributed by atoms with van der Waals surface area (Å²) in [5.74, 6) is 0.777. The first-order valence-corrected chi connectivity index (χ1v) is 5.15. The zero-order valence-corrected chi connectivity index (χ0v) is 8.22. The maximum atomic E-state index is 11.7. The zero-order valence-electron chi connectivity index (χ0n) is 8.22. The van der Waals surface area contributed by atoms with Crippen molar-refractivity contribution >= 4 is 12.2 Å². The molecule has 0 fully saturated rings. The molecule has 0 bridgehead atoms. The Morgan fingerprint density at radius 3 is 3.07 bits per heavy atom. The summed E-state index contributed by atoms with van der Waals surface area (Å²) in [5, 5.41) is 0. The first kappa shape index (κ1) is 8.65. The SMILES string of the molecule is O=C1Oc2ccccc2C2CC=NCC12. The first-order valence-electron chi connectivity index (χ1n) is 5.15. The normalized spacial score (nSPS) is 27.9. The average Bonchev–Trinajstić information content (AvgIpc) is 2.30. The van der Waals surface area contributed by atoms with Gasteiger partial charge in [-0.1, -0.05) is 18.2 Å². The van der Waals surface area contributed by atoms with E-state index in [1.165, 1.54) is 0 Å². The highest BCUT2D eigenvalue weighted by Gasteiger charge is 2.38. The number of carbonyl (C=O) groups excluding carboxylic acids is 1. The van der Waals surface area contributed by atoms with Gasteiger partial charge in [0.1, 0.15) is 5.75 Å². The van der Waals surface area contributed by atoms with E-state index < -0.39 is 0 Å². The van der Waals surface area contributed by atoms with Crippen molar-refractivity contribution in [3.63, 3.8) is 0 Å². The van der Waals surface area contributed by atoms with Crippen LogP contribution in [0.1, 0.15) is 17.9 Å². The summed E-state index contributed by atoms with van der Waals surface area (Å²) in [7, 11) is 0. The lowest BCUT2D eigenvalue weighted by Gasteiger charge is -2.32. The van der Waals surface area contributed by atoms with E-state index in [9.17, 15) is 4.79 Å². The molecule has 3 nitrogen and oxygen atoms in total. The summed E-state index contributed by atoms with van der Waals surface area (Å²) in [4.78, 5) is 15.9. The molecule has 0 aliphatic carbocycles. The van der Waals surface area contributed by atoms with Gasteiger partial charge in [-0.25, -0.2) is 0 Å². The third-order valence-corrected chi connectivity index (χ3v) is 3.11. The van der Waals surface area contributed by atoms with Crippen LogP contribution in [-0.2, 0) is 4.79 Å². The Morgan fingerprint density at radius 2 is 2.13 bits per heavy atom. The second-order valence-electron chi connectivity index (χ2n) is 3.96. The van der Waals surface area contributed by atoms with Crippen molar-refractivity contribution in [2.24, 2.45) is 10.9 Å². The van der Waals surface area contributed by atoms with Crippen LogP contribution in [0.2, 0.25) is 0 Å². The Balaban J connectivity index is 2.10. The van der Waals surface area contributed by atoms with Crippen LogP contribution in [0.25, 0.3) is 0 Å². The smallest absolute Gasteiger partial charge is 0.316 e. The third kappa shape index (κ3) is 1.27. The van der Waals surface area contributed by atoms with E-state index in [-0.39, 0.29) is 17.8 Å². The molecular formula is C12H11NO2. The van der Waals surface area contributed by atoms with Gasteiger partial charge >= 0.3 is 5.97 Å². The van der Waals surface area contributed by atoms with E-state index in [0.717, 1.165) is 17.7 Å². The molecule has 2 atom stereocenters. The van der Waals surface area contributed by atoms with Crippen LogP contribution >= 0.6 is 0 Å².